The van der Waals surface area contributed by atoms with E-state index in [1.807, 2.05) is 0 Å². The SMILES string of the molecule is COc1ccc(C=O)c(OCc2ccc(F)c(F)c2)c1. The largest absolute Gasteiger partial charge is 0.497 e. The van der Waals surface area contributed by atoms with Gasteiger partial charge in [-0.3, -0.25) is 4.79 Å². The van der Waals surface area contributed by atoms with Gasteiger partial charge in [-0.15, -0.1) is 0 Å². The Morgan fingerprint density at radius 1 is 1.10 bits per heavy atom. The number of halogens is 2. The summed E-state index contributed by atoms with van der Waals surface area (Å²) in [7, 11) is 1.50. The molecule has 0 saturated heterocycles. The fourth-order valence-corrected chi connectivity index (χ4v) is 1.65. The minimum absolute atomic E-state index is 0.0191. The summed E-state index contributed by atoms with van der Waals surface area (Å²) >= 11 is 0. The van der Waals surface area contributed by atoms with Crippen LogP contribution in [0.2, 0.25) is 0 Å². The van der Waals surface area contributed by atoms with Gasteiger partial charge in [-0.2, -0.15) is 0 Å². The van der Waals surface area contributed by atoms with E-state index in [1.165, 1.54) is 13.2 Å². The fourth-order valence-electron chi connectivity index (χ4n) is 1.65. The third-order valence-corrected chi connectivity index (χ3v) is 2.73. The summed E-state index contributed by atoms with van der Waals surface area (Å²) in [6.45, 7) is 0.0191. The average molecular weight is 278 g/mol. The molecule has 2 aromatic rings. The molecule has 104 valence electrons. The highest BCUT2D eigenvalue weighted by Crippen LogP contribution is 2.24. The number of carbonyl (C=O) groups excluding carboxylic acids is 1. The number of carbonyl (C=O) groups is 1. The molecule has 0 aliphatic rings. The third kappa shape index (κ3) is 3.12. The molecule has 0 unspecified atom stereocenters. The molecule has 0 saturated carbocycles. The summed E-state index contributed by atoms with van der Waals surface area (Å²) in [4.78, 5) is 10.9. The molecular weight excluding hydrogens is 266 g/mol. The second-order valence-electron chi connectivity index (χ2n) is 4.06. The van der Waals surface area contributed by atoms with Crippen molar-refractivity contribution in [3.8, 4) is 11.5 Å². The molecule has 0 aromatic heterocycles. The highest BCUT2D eigenvalue weighted by Gasteiger charge is 2.07. The maximum Gasteiger partial charge on any atom is 0.159 e. The molecule has 0 heterocycles. The molecule has 20 heavy (non-hydrogen) atoms. The standard InChI is InChI=1S/C15H12F2O3/c1-19-12-4-3-11(8-18)15(7-12)20-9-10-2-5-13(16)14(17)6-10/h2-8H,9H2,1H3. The monoisotopic (exact) mass is 278 g/mol. The maximum atomic E-state index is 13.1. The number of aldehydes is 1. The third-order valence-electron chi connectivity index (χ3n) is 2.73. The van der Waals surface area contributed by atoms with Gasteiger partial charge in [-0.1, -0.05) is 6.07 Å². The highest BCUT2D eigenvalue weighted by atomic mass is 19.2. The van der Waals surface area contributed by atoms with Crippen LogP contribution in [0.5, 0.6) is 11.5 Å². The normalized spacial score (nSPS) is 10.2. The quantitative estimate of drug-likeness (QED) is 0.787. The molecule has 0 atom stereocenters. The molecule has 0 aliphatic heterocycles. The van der Waals surface area contributed by atoms with Crippen LogP contribution in [-0.2, 0) is 6.61 Å². The van der Waals surface area contributed by atoms with Crippen molar-refractivity contribution in [2.45, 2.75) is 6.61 Å². The zero-order valence-corrected chi connectivity index (χ0v) is 10.7. The van der Waals surface area contributed by atoms with Crippen molar-refractivity contribution in [2.75, 3.05) is 7.11 Å². The number of rotatable bonds is 5. The Morgan fingerprint density at radius 2 is 1.90 bits per heavy atom. The van der Waals surface area contributed by atoms with E-state index in [0.29, 0.717) is 28.9 Å². The van der Waals surface area contributed by atoms with Gasteiger partial charge in [0.1, 0.15) is 18.1 Å². The Kier molecular flexibility index (Phi) is 4.30. The topological polar surface area (TPSA) is 35.5 Å². The lowest BCUT2D eigenvalue weighted by atomic mass is 10.2. The Hall–Kier alpha value is -2.43. The van der Waals surface area contributed by atoms with Crippen molar-refractivity contribution >= 4 is 6.29 Å². The molecule has 0 spiro atoms. The van der Waals surface area contributed by atoms with Crippen LogP contribution in [0.4, 0.5) is 8.78 Å². The van der Waals surface area contributed by atoms with Gasteiger partial charge < -0.3 is 9.47 Å². The molecule has 0 N–H and O–H groups in total. The molecule has 2 aromatic carbocycles. The van der Waals surface area contributed by atoms with Crippen molar-refractivity contribution in [3.05, 3.63) is 59.2 Å². The Labute approximate surface area is 114 Å². The summed E-state index contributed by atoms with van der Waals surface area (Å²) in [6, 6.07) is 8.25. The number of benzene rings is 2. The minimum Gasteiger partial charge on any atom is -0.497 e. The van der Waals surface area contributed by atoms with Gasteiger partial charge in [0.2, 0.25) is 0 Å². The van der Waals surface area contributed by atoms with Crippen molar-refractivity contribution in [2.24, 2.45) is 0 Å². The summed E-state index contributed by atoms with van der Waals surface area (Å²) in [5.41, 5.74) is 0.817. The molecular formula is C15H12F2O3. The first-order valence-electron chi connectivity index (χ1n) is 5.84. The molecule has 0 fully saturated rings. The van der Waals surface area contributed by atoms with Crippen molar-refractivity contribution in [3.63, 3.8) is 0 Å². The van der Waals surface area contributed by atoms with Gasteiger partial charge in [0.25, 0.3) is 0 Å². The Bertz CT molecular complexity index is 627. The molecule has 3 nitrogen and oxygen atoms in total. The number of ether oxygens (including phenoxy) is 2. The summed E-state index contributed by atoms with van der Waals surface area (Å²) in [6.07, 6.45) is 0.653. The Morgan fingerprint density at radius 3 is 2.55 bits per heavy atom. The van der Waals surface area contributed by atoms with Crippen LogP contribution in [0, 0.1) is 11.6 Å². The van der Waals surface area contributed by atoms with Gasteiger partial charge in [-0.25, -0.2) is 8.78 Å². The lowest BCUT2D eigenvalue weighted by Gasteiger charge is -2.10. The minimum atomic E-state index is -0.938. The van der Waals surface area contributed by atoms with E-state index >= 15 is 0 Å². The van der Waals surface area contributed by atoms with Crippen LogP contribution in [-0.4, -0.2) is 13.4 Å². The molecule has 5 heteroatoms. The van der Waals surface area contributed by atoms with Gasteiger partial charge in [0, 0.05) is 6.07 Å². The van der Waals surface area contributed by atoms with E-state index in [4.69, 9.17) is 9.47 Å². The molecule has 0 bridgehead atoms. The van der Waals surface area contributed by atoms with Crippen LogP contribution in [0.3, 0.4) is 0 Å². The van der Waals surface area contributed by atoms with Gasteiger partial charge in [0.05, 0.1) is 12.7 Å². The van der Waals surface area contributed by atoms with E-state index in [2.05, 4.69) is 0 Å². The van der Waals surface area contributed by atoms with Crippen molar-refractivity contribution < 1.29 is 23.0 Å². The average Bonchev–Trinajstić information content (AvgIpc) is 2.48. The van der Waals surface area contributed by atoms with E-state index < -0.39 is 11.6 Å². The fraction of sp³-hybridized carbons (Fsp3) is 0.133. The smallest absolute Gasteiger partial charge is 0.159 e. The van der Waals surface area contributed by atoms with Crippen LogP contribution >= 0.6 is 0 Å². The number of methoxy groups -OCH3 is 1. The van der Waals surface area contributed by atoms with E-state index in [-0.39, 0.29) is 6.61 Å². The maximum absolute atomic E-state index is 13.1. The number of hydrogen-bond donors (Lipinski definition) is 0. The van der Waals surface area contributed by atoms with Gasteiger partial charge in [-0.05, 0) is 29.8 Å². The lowest BCUT2D eigenvalue weighted by molar-refractivity contribution is 0.111. The predicted molar refractivity (Wildman–Crippen MR) is 69.1 cm³/mol. The Balaban J connectivity index is 2.17. The summed E-state index contributed by atoms with van der Waals surface area (Å²) in [5, 5.41) is 0. The van der Waals surface area contributed by atoms with Crippen LogP contribution in [0.25, 0.3) is 0 Å². The van der Waals surface area contributed by atoms with Crippen LogP contribution < -0.4 is 9.47 Å². The first-order chi connectivity index (χ1) is 9.63. The molecule has 0 radical (unpaired) electrons. The highest BCUT2D eigenvalue weighted by molar-refractivity contribution is 5.79. The lowest BCUT2D eigenvalue weighted by Crippen LogP contribution is -2.00. The van der Waals surface area contributed by atoms with Gasteiger partial charge in [0.15, 0.2) is 17.9 Å². The molecule has 0 aliphatic carbocycles. The molecule has 0 amide bonds. The zero-order valence-electron chi connectivity index (χ0n) is 10.7. The summed E-state index contributed by atoms with van der Waals surface area (Å²) < 4.78 is 36.3. The van der Waals surface area contributed by atoms with E-state index in [9.17, 15) is 13.6 Å². The predicted octanol–water partition coefficient (Wildman–Crippen LogP) is 3.36. The van der Waals surface area contributed by atoms with Crippen LogP contribution in [0.1, 0.15) is 15.9 Å². The van der Waals surface area contributed by atoms with E-state index in [0.717, 1.165) is 12.1 Å². The van der Waals surface area contributed by atoms with Crippen LogP contribution in [0.15, 0.2) is 36.4 Å². The second-order valence-corrected chi connectivity index (χ2v) is 4.06. The first kappa shape index (κ1) is 14.0. The first-order valence-corrected chi connectivity index (χ1v) is 5.84. The number of hydrogen-bond acceptors (Lipinski definition) is 3. The zero-order chi connectivity index (χ0) is 14.5. The van der Waals surface area contributed by atoms with Crippen molar-refractivity contribution in [1.82, 2.24) is 0 Å². The molecule has 2 rings (SSSR count). The summed E-state index contributed by atoms with van der Waals surface area (Å²) in [5.74, 6) is -0.990. The van der Waals surface area contributed by atoms with E-state index in [1.54, 1.807) is 18.2 Å². The second kappa shape index (κ2) is 6.14. The van der Waals surface area contributed by atoms with Gasteiger partial charge >= 0.3 is 0 Å². The van der Waals surface area contributed by atoms with Crippen molar-refractivity contribution in [1.29, 1.82) is 0 Å².